The SMILES string of the molecule is CC1(C)C(=N)N[C@@]2(COCc3ccc(NC(=O)c4cc5ccccn5n4)cc32)CS1(=O)=O. The van der Waals surface area contributed by atoms with Gasteiger partial charge in [0.25, 0.3) is 5.91 Å². The predicted octanol–water partition coefficient (Wildman–Crippen LogP) is 2.09. The number of ether oxygens (including phenoxy) is 1. The molecule has 2 aliphatic rings. The van der Waals surface area contributed by atoms with Crippen molar-refractivity contribution < 1.29 is 17.9 Å². The number of amidine groups is 1. The second kappa shape index (κ2) is 6.88. The van der Waals surface area contributed by atoms with Crippen molar-refractivity contribution in [2.75, 3.05) is 17.7 Å². The van der Waals surface area contributed by atoms with Gasteiger partial charge in [-0.3, -0.25) is 10.2 Å². The Morgan fingerprint density at radius 2 is 2.06 bits per heavy atom. The quantitative estimate of drug-likeness (QED) is 0.546. The molecule has 3 aromatic rings. The Hall–Kier alpha value is -3.24. The largest absolute Gasteiger partial charge is 0.374 e. The molecule has 5 rings (SSSR count). The summed E-state index contributed by atoms with van der Waals surface area (Å²) >= 11 is 0. The number of pyridine rings is 1. The lowest BCUT2D eigenvalue weighted by atomic mass is 9.85. The molecule has 3 N–H and O–H groups in total. The lowest BCUT2D eigenvalue weighted by Gasteiger charge is -2.47. The van der Waals surface area contributed by atoms with Crippen molar-refractivity contribution in [2.24, 2.45) is 0 Å². The second-order valence-electron chi connectivity index (χ2n) is 8.77. The molecule has 2 aliphatic heterocycles. The molecule has 1 atom stereocenters. The number of sulfone groups is 1. The molecule has 0 bridgehead atoms. The summed E-state index contributed by atoms with van der Waals surface area (Å²) in [5, 5.41) is 18.6. The summed E-state index contributed by atoms with van der Waals surface area (Å²) in [5.74, 6) is -0.640. The summed E-state index contributed by atoms with van der Waals surface area (Å²) in [5.41, 5.74) is 2.04. The Kier molecular flexibility index (Phi) is 4.44. The van der Waals surface area contributed by atoms with Gasteiger partial charge >= 0.3 is 0 Å². The minimum Gasteiger partial charge on any atom is -0.374 e. The molecule has 166 valence electrons. The van der Waals surface area contributed by atoms with Crippen molar-refractivity contribution in [2.45, 2.75) is 30.7 Å². The van der Waals surface area contributed by atoms with Crippen molar-refractivity contribution >= 4 is 32.8 Å². The van der Waals surface area contributed by atoms with Gasteiger partial charge in [-0.25, -0.2) is 12.9 Å². The van der Waals surface area contributed by atoms with Gasteiger partial charge in [-0.05, 0) is 55.3 Å². The molecule has 1 aromatic carbocycles. The number of amides is 1. The average Bonchev–Trinajstić information content (AvgIpc) is 3.17. The first-order valence-electron chi connectivity index (χ1n) is 10.2. The third kappa shape index (κ3) is 3.09. The highest BCUT2D eigenvalue weighted by Crippen LogP contribution is 2.39. The van der Waals surface area contributed by atoms with E-state index in [1.807, 2.05) is 24.3 Å². The van der Waals surface area contributed by atoms with Crippen LogP contribution in [-0.4, -0.2) is 46.9 Å². The molecule has 10 heteroatoms. The van der Waals surface area contributed by atoms with E-state index >= 15 is 0 Å². The molecule has 1 spiro atoms. The Morgan fingerprint density at radius 1 is 1.25 bits per heavy atom. The maximum Gasteiger partial charge on any atom is 0.276 e. The smallest absolute Gasteiger partial charge is 0.276 e. The fraction of sp³-hybridized carbons (Fsp3) is 0.318. The van der Waals surface area contributed by atoms with Gasteiger partial charge in [0.15, 0.2) is 15.5 Å². The number of nitrogens with zero attached hydrogens (tertiary/aromatic N) is 2. The van der Waals surface area contributed by atoms with Crippen LogP contribution >= 0.6 is 0 Å². The molecule has 0 aliphatic carbocycles. The topological polar surface area (TPSA) is 126 Å². The summed E-state index contributed by atoms with van der Waals surface area (Å²) in [6.07, 6.45) is 1.76. The third-order valence-corrected chi connectivity index (χ3v) is 8.90. The van der Waals surface area contributed by atoms with Gasteiger partial charge < -0.3 is 15.4 Å². The molecule has 1 amide bonds. The van der Waals surface area contributed by atoms with Gasteiger partial charge in [-0.1, -0.05) is 12.1 Å². The highest BCUT2D eigenvalue weighted by Gasteiger charge is 2.54. The lowest BCUT2D eigenvalue weighted by molar-refractivity contribution is 0.0513. The van der Waals surface area contributed by atoms with Crippen molar-refractivity contribution in [3.8, 4) is 0 Å². The van der Waals surface area contributed by atoms with Crippen LogP contribution in [0.15, 0.2) is 48.7 Å². The number of rotatable bonds is 2. The number of benzene rings is 1. The molecule has 0 radical (unpaired) electrons. The third-order valence-electron chi connectivity index (χ3n) is 6.27. The fourth-order valence-corrected chi connectivity index (χ4v) is 5.87. The van der Waals surface area contributed by atoms with E-state index in [-0.39, 0.29) is 29.8 Å². The number of carbonyl (C=O) groups excluding carboxylic acids is 1. The first-order chi connectivity index (χ1) is 15.1. The van der Waals surface area contributed by atoms with E-state index in [0.717, 1.165) is 11.1 Å². The van der Waals surface area contributed by atoms with Crippen molar-refractivity contribution in [3.63, 3.8) is 0 Å². The van der Waals surface area contributed by atoms with Crippen LogP contribution in [0.5, 0.6) is 0 Å². The number of anilines is 1. The summed E-state index contributed by atoms with van der Waals surface area (Å²) < 4.78 is 32.0. The first kappa shape index (κ1) is 20.7. The average molecular weight is 454 g/mol. The number of aromatic nitrogens is 2. The van der Waals surface area contributed by atoms with E-state index in [1.54, 1.807) is 28.9 Å². The fourth-order valence-electron chi connectivity index (χ4n) is 4.19. The molecule has 0 saturated carbocycles. The summed E-state index contributed by atoms with van der Waals surface area (Å²) in [4.78, 5) is 12.8. The van der Waals surface area contributed by atoms with E-state index in [1.165, 1.54) is 13.8 Å². The van der Waals surface area contributed by atoms with Gasteiger partial charge in [0.2, 0.25) is 0 Å². The van der Waals surface area contributed by atoms with E-state index in [9.17, 15) is 13.2 Å². The van der Waals surface area contributed by atoms with Crippen molar-refractivity contribution in [3.05, 3.63) is 65.5 Å². The van der Waals surface area contributed by atoms with Crippen LogP contribution in [0.1, 0.15) is 35.5 Å². The number of hydrogen-bond acceptors (Lipinski definition) is 6. The maximum atomic E-state index is 13.0. The number of fused-ring (bicyclic) bond motifs is 3. The van der Waals surface area contributed by atoms with Crippen LogP contribution in [0.3, 0.4) is 0 Å². The normalized spacial score (nSPS) is 23.5. The van der Waals surface area contributed by atoms with E-state index in [0.29, 0.717) is 17.9 Å². The van der Waals surface area contributed by atoms with Gasteiger partial charge in [-0.15, -0.1) is 0 Å². The van der Waals surface area contributed by atoms with Crippen LogP contribution in [0, 0.1) is 5.41 Å². The Balaban J connectivity index is 1.49. The van der Waals surface area contributed by atoms with Crippen LogP contribution in [-0.2, 0) is 26.7 Å². The zero-order valence-electron chi connectivity index (χ0n) is 17.7. The minimum atomic E-state index is -3.62. The Morgan fingerprint density at radius 3 is 2.81 bits per heavy atom. The van der Waals surface area contributed by atoms with Crippen LogP contribution in [0.25, 0.3) is 5.52 Å². The predicted molar refractivity (Wildman–Crippen MR) is 120 cm³/mol. The first-order valence-corrected chi connectivity index (χ1v) is 11.8. The molecule has 9 nitrogen and oxygen atoms in total. The van der Waals surface area contributed by atoms with E-state index < -0.39 is 20.1 Å². The summed E-state index contributed by atoms with van der Waals surface area (Å²) in [7, 11) is -3.62. The van der Waals surface area contributed by atoms with Gasteiger partial charge in [0.1, 0.15) is 16.1 Å². The standard InChI is InChI=1S/C22H23N5O4S/c1-21(2)20(23)25-22(13-32(21,29)30)12-31-11-14-6-7-15(9-17(14)22)24-19(28)18-10-16-5-3-4-8-27(16)26-18/h3-10H,11-13H2,1-2H3,(H2,23,25)(H,24,28)/t22-/m0/s1. The summed E-state index contributed by atoms with van der Waals surface area (Å²) in [6, 6.07) is 12.6. The molecule has 0 unspecified atom stereocenters. The van der Waals surface area contributed by atoms with E-state index in [4.69, 9.17) is 10.1 Å². The number of hydrogen-bond donors (Lipinski definition) is 3. The maximum absolute atomic E-state index is 13.0. The van der Waals surface area contributed by atoms with E-state index in [2.05, 4.69) is 15.7 Å². The molecule has 1 saturated heterocycles. The zero-order chi connectivity index (χ0) is 22.7. The van der Waals surface area contributed by atoms with Crippen LogP contribution < -0.4 is 10.6 Å². The monoisotopic (exact) mass is 453 g/mol. The van der Waals surface area contributed by atoms with Crippen LogP contribution in [0.4, 0.5) is 5.69 Å². The molecular weight excluding hydrogens is 430 g/mol. The molecule has 1 fully saturated rings. The van der Waals surface area contributed by atoms with Gasteiger partial charge in [0.05, 0.1) is 24.5 Å². The highest BCUT2D eigenvalue weighted by molar-refractivity contribution is 7.93. The highest BCUT2D eigenvalue weighted by atomic mass is 32.2. The molecular formula is C22H23N5O4S. The molecule has 2 aromatic heterocycles. The lowest BCUT2D eigenvalue weighted by Crippen LogP contribution is -2.67. The molecule has 4 heterocycles. The second-order valence-corrected chi connectivity index (χ2v) is 11.3. The van der Waals surface area contributed by atoms with Crippen LogP contribution in [0.2, 0.25) is 0 Å². The number of carbonyl (C=O) groups is 1. The van der Waals surface area contributed by atoms with Crippen molar-refractivity contribution in [1.29, 1.82) is 5.41 Å². The van der Waals surface area contributed by atoms with Gasteiger partial charge in [-0.2, -0.15) is 5.10 Å². The Labute approximate surface area is 185 Å². The number of nitrogens with one attached hydrogen (secondary N) is 3. The zero-order valence-corrected chi connectivity index (χ0v) is 18.5. The minimum absolute atomic E-state index is 0.0701. The summed E-state index contributed by atoms with van der Waals surface area (Å²) in [6.45, 7) is 3.50. The van der Waals surface area contributed by atoms with Gasteiger partial charge in [0, 0.05) is 11.9 Å². The van der Waals surface area contributed by atoms with Crippen molar-refractivity contribution in [1.82, 2.24) is 14.9 Å². The Bertz CT molecular complexity index is 1340. The molecule has 32 heavy (non-hydrogen) atoms.